The molecule has 112 valence electrons. The van der Waals surface area contributed by atoms with Crippen LogP contribution in [0, 0.1) is 0 Å². The summed E-state index contributed by atoms with van der Waals surface area (Å²) in [6.45, 7) is 4.09. The molecule has 0 aliphatic carbocycles. The van der Waals surface area contributed by atoms with E-state index in [9.17, 15) is 0 Å². The van der Waals surface area contributed by atoms with Gasteiger partial charge in [-0.25, -0.2) is 0 Å². The van der Waals surface area contributed by atoms with Crippen molar-refractivity contribution < 1.29 is 4.74 Å². The van der Waals surface area contributed by atoms with Crippen LogP contribution in [0.15, 0.2) is 27.1 Å². The molecule has 0 amide bonds. The highest BCUT2D eigenvalue weighted by Crippen LogP contribution is 2.31. The highest BCUT2D eigenvalue weighted by atomic mass is 79.9. The fraction of sp³-hybridized carbons (Fsp3) is 0.625. The average Bonchev–Trinajstić information content (AvgIpc) is 2.47. The summed E-state index contributed by atoms with van der Waals surface area (Å²) in [4.78, 5) is 0. The first-order valence-corrected chi connectivity index (χ1v) is 9.09. The van der Waals surface area contributed by atoms with Gasteiger partial charge in [-0.1, -0.05) is 38.8 Å². The van der Waals surface area contributed by atoms with Gasteiger partial charge in [0.2, 0.25) is 0 Å². The first-order valence-electron chi connectivity index (χ1n) is 7.50. The van der Waals surface area contributed by atoms with E-state index in [4.69, 9.17) is 4.74 Å². The molecule has 0 spiro atoms. The van der Waals surface area contributed by atoms with Crippen molar-refractivity contribution in [2.24, 2.45) is 0 Å². The normalized spacial score (nSPS) is 20.9. The minimum absolute atomic E-state index is 0.386. The Labute approximate surface area is 138 Å². The van der Waals surface area contributed by atoms with Gasteiger partial charge in [0.1, 0.15) is 0 Å². The van der Waals surface area contributed by atoms with Gasteiger partial charge in [-0.05, 0) is 62.4 Å². The van der Waals surface area contributed by atoms with Crippen LogP contribution in [0.3, 0.4) is 0 Å². The SMILES string of the molecule is CCNC(CCC1CCCCO1)c1cc(Br)ccc1Br. The van der Waals surface area contributed by atoms with E-state index in [0.29, 0.717) is 12.1 Å². The summed E-state index contributed by atoms with van der Waals surface area (Å²) in [5.74, 6) is 0. The zero-order chi connectivity index (χ0) is 14.4. The number of nitrogens with one attached hydrogen (secondary N) is 1. The van der Waals surface area contributed by atoms with Crippen LogP contribution in [0.2, 0.25) is 0 Å². The van der Waals surface area contributed by atoms with Gasteiger partial charge in [0.25, 0.3) is 0 Å². The van der Waals surface area contributed by atoms with E-state index in [1.807, 2.05) is 0 Å². The van der Waals surface area contributed by atoms with Crippen LogP contribution in [0.1, 0.15) is 50.6 Å². The highest BCUT2D eigenvalue weighted by molar-refractivity contribution is 9.11. The minimum Gasteiger partial charge on any atom is -0.378 e. The molecule has 2 unspecified atom stereocenters. The van der Waals surface area contributed by atoms with Crippen molar-refractivity contribution in [3.05, 3.63) is 32.7 Å². The summed E-state index contributed by atoms with van der Waals surface area (Å²) < 4.78 is 8.16. The van der Waals surface area contributed by atoms with Crippen molar-refractivity contribution in [2.75, 3.05) is 13.2 Å². The van der Waals surface area contributed by atoms with Crippen LogP contribution >= 0.6 is 31.9 Å². The number of hydrogen-bond acceptors (Lipinski definition) is 2. The zero-order valence-electron chi connectivity index (χ0n) is 12.0. The molecule has 0 saturated carbocycles. The first kappa shape index (κ1) is 16.5. The van der Waals surface area contributed by atoms with Crippen molar-refractivity contribution in [2.45, 2.75) is 51.2 Å². The van der Waals surface area contributed by atoms with Crippen molar-refractivity contribution in [3.8, 4) is 0 Å². The van der Waals surface area contributed by atoms with Gasteiger partial charge in [-0.15, -0.1) is 0 Å². The molecule has 2 atom stereocenters. The second-order valence-electron chi connectivity index (χ2n) is 5.34. The second-order valence-corrected chi connectivity index (χ2v) is 7.11. The number of hydrogen-bond donors (Lipinski definition) is 1. The molecule has 0 bridgehead atoms. The molecular weight excluding hydrogens is 382 g/mol. The van der Waals surface area contributed by atoms with Crippen molar-refractivity contribution in [1.82, 2.24) is 5.32 Å². The van der Waals surface area contributed by atoms with Gasteiger partial charge >= 0.3 is 0 Å². The Hall–Kier alpha value is 0.1000. The Kier molecular flexibility index (Phi) is 7.02. The van der Waals surface area contributed by atoms with Crippen LogP contribution in [0.4, 0.5) is 0 Å². The van der Waals surface area contributed by atoms with E-state index in [-0.39, 0.29) is 0 Å². The topological polar surface area (TPSA) is 21.3 Å². The van der Waals surface area contributed by atoms with E-state index < -0.39 is 0 Å². The lowest BCUT2D eigenvalue weighted by molar-refractivity contribution is 0.00855. The summed E-state index contributed by atoms with van der Waals surface area (Å²) in [5.41, 5.74) is 1.33. The number of benzene rings is 1. The quantitative estimate of drug-likeness (QED) is 0.702. The van der Waals surface area contributed by atoms with Crippen molar-refractivity contribution >= 4 is 31.9 Å². The fourth-order valence-corrected chi connectivity index (χ4v) is 3.68. The van der Waals surface area contributed by atoms with Crippen LogP contribution in [0.25, 0.3) is 0 Å². The number of halogens is 2. The fourth-order valence-electron chi connectivity index (χ4n) is 2.78. The first-order chi connectivity index (χ1) is 9.70. The van der Waals surface area contributed by atoms with E-state index in [0.717, 1.165) is 30.5 Å². The summed E-state index contributed by atoms with van der Waals surface area (Å²) >= 11 is 7.25. The highest BCUT2D eigenvalue weighted by Gasteiger charge is 2.19. The van der Waals surface area contributed by atoms with Gasteiger partial charge < -0.3 is 10.1 Å². The predicted molar refractivity (Wildman–Crippen MR) is 91.1 cm³/mol. The lowest BCUT2D eigenvalue weighted by Crippen LogP contribution is -2.25. The Morgan fingerprint density at radius 2 is 2.20 bits per heavy atom. The molecule has 0 radical (unpaired) electrons. The summed E-state index contributed by atoms with van der Waals surface area (Å²) in [7, 11) is 0. The maximum absolute atomic E-state index is 5.85. The average molecular weight is 405 g/mol. The van der Waals surface area contributed by atoms with Crippen molar-refractivity contribution in [1.29, 1.82) is 0 Å². The molecule has 2 rings (SSSR count). The second kappa shape index (κ2) is 8.52. The van der Waals surface area contributed by atoms with Crippen molar-refractivity contribution in [3.63, 3.8) is 0 Å². The molecule has 1 N–H and O–H groups in total. The summed E-state index contributed by atoms with van der Waals surface area (Å²) in [6, 6.07) is 6.78. The molecule has 4 heteroatoms. The third-order valence-corrected chi connectivity index (χ3v) is 5.05. The number of rotatable bonds is 6. The van der Waals surface area contributed by atoms with E-state index in [1.165, 1.54) is 29.3 Å². The van der Waals surface area contributed by atoms with Gasteiger partial charge in [-0.2, -0.15) is 0 Å². The molecular formula is C16H23Br2NO. The third kappa shape index (κ3) is 4.83. The van der Waals surface area contributed by atoms with Crippen LogP contribution in [-0.2, 0) is 4.74 Å². The minimum atomic E-state index is 0.386. The van der Waals surface area contributed by atoms with Crippen LogP contribution in [0.5, 0.6) is 0 Å². The maximum Gasteiger partial charge on any atom is 0.0575 e. The summed E-state index contributed by atoms with van der Waals surface area (Å²) in [5, 5.41) is 3.60. The molecule has 0 aromatic heterocycles. The molecule has 1 heterocycles. The predicted octanol–water partition coefficient (Wildman–Crippen LogP) is 5.21. The number of ether oxygens (including phenoxy) is 1. The molecule has 2 nitrogen and oxygen atoms in total. The molecule has 1 aliphatic rings. The van der Waals surface area contributed by atoms with E-state index in [1.54, 1.807) is 0 Å². The lowest BCUT2D eigenvalue weighted by Gasteiger charge is -2.26. The molecule has 1 saturated heterocycles. The van der Waals surface area contributed by atoms with Gasteiger partial charge in [0.15, 0.2) is 0 Å². The van der Waals surface area contributed by atoms with E-state index in [2.05, 4.69) is 62.3 Å². The Morgan fingerprint density at radius 3 is 2.90 bits per heavy atom. The molecule has 1 aliphatic heterocycles. The van der Waals surface area contributed by atoms with Gasteiger partial charge in [0, 0.05) is 21.6 Å². The summed E-state index contributed by atoms with van der Waals surface area (Å²) in [6.07, 6.45) is 6.47. The Balaban J connectivity index is 2.00. The molecule has 20 heavy (non-hydrogen) atoms. The largest absolute Gasteiger partial charge is 0.378 e. The smallest absolute Gasteiger partial charge is 0.0575 e. The van der Waals surface area contributed by atoms with Crippen LogP contribution < -0.4 is 5.32 Å². The van der Waals surface area contributed by atoms with Crippen LogP contribution in [-0.4, -0.2) is 19.3 Å². The molecule has 1 aromatic carbocycles. The van der Waals surface area contributed by atoms with Gasteiger partial charge in [-0.3, -0.25) is 0 Å². The molecule has 1 aromatic rings. The monoisotopic (exact) mass is 403 g/mol. The van der Waals surface area contributed by atoms with E-state index >= 15 is 0 Å². The Morgan fingerprint density at radius 1 is 1.35 bits per heavy atom. The third-order valence-electron chi connectivity index (χ3n) is 3.84. The maximum atomic E-state index is 5.85. The zero-order valence-corrected chi connectivity index (χ0v) is 15.2. The standard InChI is InChI=1S/C16H23Br2NO/c1-2-19-16(9-7-13-5-3-4-10-20-13)14-11-12(17)6-8-15(14)18/h6,8,11,13,16,19H,2-5,7,9-10H2,1H3. The Bertz CT molecular complexity index is 419. The lowest BCUT2D eigenvalue weighted by atomic mass is 9.97. The molecule has 1 fully saturated rings. The van der Waals surface area contributed by atoms with Gasteiger partial charge in [0.05, 0.1) is 6.10 Å².